The normalized spacial score (nSPS) is 13.1. The van der Waals surface area contributed by atoms with Crippen molar-refractivity contribution in [2.45, 2.75) is 46.0 Å². The van der Waals surface area contributed by atoms with E-state index in [1.54, 1.807) is 6.08 Å². The van der Waals surface area contributed by atoms with Crippen LogP contribution in [-0.2, 0) is 9.59 Å². The molecule has 1 atom stereocenters. The van der Waals surface area contributed by atoms with Crippen LogP contribution < -0.4 is 0 Å². The third-order valence-electron chi connectivity index (χ3n) is 2.51. The molecule has 0 amide bonds. The van der Waals surface area contributed by atoms with Crippen LogP contribution >= 0.6 is 0 Å². The molecule has 17 heavy (non-hydrogen) atoms. The molecule has 0 aliphatic heterocycles. The molecule has 0 spiro atoms. The lowest BCUT2D eigenvalue weighted by Gasteiger charge is -2.06. The van der Waals surface area contributed by atoms with E-state index in [4.69, 9.17) is 10.2 Å². The van der Waals surface area contributed by atoms with Gasteiger partial charge in [0.15, 0.2) is 0 Å². The maximum atomic E-state index is 10.7. The van der Waals surface area contributed by atoms with Crippen molar-refractivity contribution in [1.82, 2.24) is 0 Å². The Labute approximate surface area is 102 Å². The maximum Gasteiger partial charge on any atom is 0.307 e. The summed E-state index contributed by atoms with van der Waals surface area (Å²) in [7, 11) is 0. The van der Waals surface area contributed by atoms with Gasteiger partial charge in [-0.3, -0.25) is 9.59 Å². The summed E-state index contributed by atoms with van der Waals surface area (Å²) in [5.74, 6) is -2.24. The van der Waals surface area contributed by atoms with Crippen molar-refractivity contribution < 1.29 is 19.8 Å². The van der Waals surface area contributed by atoms with Crippen LogP contribution in [0.2, 0.25) is 0 Å². The summed E-state index contributed by atoms with van der Waals surface area (Å²) in [5.41, 5.74) is 0. The van der Waals surface area contributed by atoms with E-state index in [1.165, 1.54) is 0 Å². The Kier molecular flexibility index (Phi) is 8.11. The highest BCUT2D eigenvalue weighted by molar-refractivity contribution is 5.77. The third-order valence-corrected chi connectivity index (χ3v) is 2.51. The molecule has 0 aromatic heterocycles. The lowest BCUT2D eigenvalue weighted by Crippen LogP contribution is -2.16. The molecule has 0 aromatic rings. The highest BCUT2D eigenvalue weighted by Crippen LogP contribution is 2.11. The zero-order chi connectivity index (χ0) is 13.3. The van der Waals surface area contributed by atoms with Gasteiger partial charge in [-0.15, -0.1) is 0 Å². The van der Waals surface area contributed by atoms with Crippen LogP contribution in [0.4, 0.5) is 0 Å². The van der Waals surface area contributed by atoms with Crippen molar-refractivity contribution in [2.24, 2.45) is 11.8 Å². The molecule has 0 fully saturated rings. The number of hydrogen-bond acceptors (Lipinski definition) is 2. The number of carbonyl (C=O) groups is 2. The Morgan fingerprint density at radius 1 is 1.18 bits per heavy atom. The van der Waals surface area contributed by atoms with Gasteiger partial charge < -0.3 is 10.2 Å². The largest absolute Gasteiger partial charge is 0.481 e. The van der Waals surface area contributed by atoms with Gasteiger partial charge in [0, 0.05) is 0 Å². The number of unbranched alkanes of at least 4 members (excludes halogenated alkanes) is 1. The standard InChI is InChI=1S/C13H22O4/c1-10(2)7-5-3-4-6-8-11(13(16)17)9-12(14)15/h4,6,10-11H,3,5,7-9H2,1-2H3,(H,14,15)(H,16,17). The van der Waals surface area contributed by atoms with Gasteiger partial charge in [0.25, 0.3) is 0 Å². The predicted octanol–water partition coefficient (Wildman–Crippen LogP) is 2.93. The molecule has 0 saturated carbocycles. The van der Waals surface area contributed by atoms with Gasteiger partial charge in [-0.25, -0.2) is 0 Å². The predicted molar refractivity (Wildman–Crippen MR) is 65.8 cm³/mol. The van der Waals surface area contributed by atoms with E-state index in [2.05, 4.69) is 13.8 Å². The van der Waals surface area contributed by atoms with Gasteiger partial charge in [0.05, 0.1) is 12.3 Å². The SMILES string of the molecule is CC(C)CCCC=CCC(CC(=O)O)C(=O)O. The molecule has 0 saturated heterocycles. The first kappa shape index (κ1) is 15.7. The van der Waals surface area contributed by atoms with Crippen LogP contribution in [-0.4, -0.2) is 22.2 Å². The van der Waals surface area contributed by atoms with E-state index in [9.17, 15) is 9.59 Å². The summed E-state index contributed by atoms with van der Waals surface area (Å²) in [6, 6.07) is 0. The van der Waals surface area contributed by atoms with Crippen LogP contribution in [0.1, 0.15) is 46.0 Å². The van der Waals surface area contributed by atoms with Crippen molar-refractivity contribution in [3.63, 3.8) is 0 Å². The van der Waals surface area contributed by atoms with Crippen molar-refractivity contribution in [3.05, 3.63) is 12.2 Å². The topological polar surface area (TPSA) is 74.6 Å². The quantitative estimate of drug-likeness (QED) is 0.481. The number of rotatable bonds is 9. The first-order valence-corrected chi connectivity index (χ1v) is 6.03. The number of carboxylic acids is 2. The summed E-state index contributed by atoms with van der Waals surface area (Å²) in [4.78, 5) is 21.2. The van der Waals surface area contributed by atoms with Crippen molar-refractivity contribution >= 4 is 11.9 Å². The lowest BCUT2D eigenvalue weighted by atomic mass is 10.0. The van der Waals surface area contributed by atoms with E-state index < -0.39 is 17.9 Å². The molecule has 1 unspecified atom stereocenters. The molecule has 2 N–H and O–H groups in total. The number of aliphatic carboxylic acids is 2. The average molecular weight is 242 g/mol. The summed E-state index contributed by atoms with van der Waals surface area (Å²) in [6.07, 6.45) is 6.88. The molecule has 0 bridgehead atoms. The fourth-order valence-electron chi connectivity index (χ4n) is 1.50. The van der Waals surface area contributed by atoms with E-state index >= 15 is 0 Å². The fraction of sp³-hybridized carbons (Fsp3) is 0.692. The fourth-order valence-corrected chi connectivity index (χ4v) is 1.50. The molecule has 98 valence electrons. The van der Waals surface area contributed by atoms with Crippen molar-refractivity contribution in [3.8, 4) is 0 Å². The van der Waals surface area contributed by atoms with Crippen molar-refractivity contribution in [1.29, 1.82) is 0 Å². The second kappa shape index (κ2) is 8.79. The first-order chi connectivity index (χ1) is 7.93. The number of hydrogen-bond donors (Lipinski definition) is 2. The number of allylic oxidation sites excluding steroid dienone is 2. The number of carboxylic acid groups (broad SMARTS) is 2. The van der Waals surface area contributed by atoms with Gasteiger partial charge in [-0.1, -0.05) is 32.4 Å². The van der Waals surface area contributed by atoms with Crippen LogP contribution in [0.5, 0.6) is 0 Å². The monoisotopic (exact) mass is 242 g/mol. The second-order valence-corrected chi connectivity index (χ2v) is 4.66. The van der Waals surface area contributed by atoms with Crippen LogP contribution in [0.15, 0.2) is 12.2 Å². The van der Waals surface area contributed by atoms with Crippen LogP contribution in [0.3, 0.4) is 0 Å². The van der Waals surface area contributed by atoms with E-state index in [-0.39, 0.29) is 6.42 Å². The average Bonchev–Trinajstić information content (AvgIpc) is 2.20. The molecule has 0 aliphatic rings. The van der Waals surface area contributed by atoms with Crippen LogP contribution in [0.25, 0.3) is 0 Å². The van der Waals surface area contributed by atoms with E-state index in [0.29, 0.717) is 12.3 Å². The zero-order valence-corrected chi connectivity index (χ0v) is 10.6. The lowest BCUT2D eigenvalue weighted by molar-refractivity contribution is -0.148. The van der Waals surface area contributed by atoms with Crippen molar-refractivity contribution in [2.75, 3.05) is 0 Å². The van der Waals surface area contributed by atoms with Crippen LogP contribution in [0, 0.1) is 11.8 Å². The molecule has 0 aromatic carbocycles. The molecule has 0 radical (unpaired) electrons. The Bertz CT molecular complexity index is 269. The zero-order valence-electron chi connectivity index (χ0n) is 10.6. The van der Waals surface area contributed by atoms with Gasteiger partial charge in [-0.2, -0.15) is 0 Å². The van der Waals surface area contributed by atoms with E-state index in [0.717, 1.165) is 19.3 Å². The van der Waals surface area contributed by atoms with E-state index in [1.807, 2.05) is 6.08 Å². The molecule has 4 heteroatoms. The summed E-state index contributed by atoms with van der Waals surface area (Å²) >= 11 is 0. The van der Waals surface area contributed by atoms with Gasteiger partial charge in [0.1, 0.15) is 0 Å². The highest BCUT2D eigenvalue weighted by Gasteiger charge is 2.18. The molecular formula is C13H22O4. The molecule has 4 nitrogen and oxygen atoms in total. The highest BCUT2D eigenvalue weighted by atomic mass is 16.4. The third kappa shape index (κ3) is 9.60. The summed E-state index contributed by atoms with van der Waals surface area (Å²) in [6.45, 7) is 4.33. The minimum atomic E-state index is -1.06. The molecule has 0 heterocycles. The van der Waals surface area contributed by atoms with Gasteiger partial charge >= 0.3 is 11.9 Å². The maximum absolute atomic E-state index is 10.7. The molecule has 0 aliphatic carbocycles. The Morgan fingerprint density at radius 3 is 2.29 bits per heavy atom. The Morgan fingerprint density at radius 2 is 1.82 bits per heavy atom. The first-order valence-electron chi connectivity index (χ1n) is 6.03. The Hall–Kier alpha value is -1.32. The smallest absolute Gasteiger partial charge is 0.307 e. The summed E-state index contributed by atoms with van der Waals surface area (Å²) in [5, 5.41) is 17.3. The Balaban J connectivity index is 3.84. The molecular weight excluding hydrogens is 220 g/mol. The minimum Gasteiger partial charge on any atom is -0.481 e. The van der Waals surface area contributed by atoms with Gasteiger partial charge in [0.2, 0.25) is 0 Å². The van der Waals surface area contributed by atoms with Gasteiger partial charge in [-0.05, 0) is 25.2 Å². The summed E-state index contributed by atoms with van der Waals surface area (Å²) < 4.78 is 0. The molecule has 0 rings (SSSR count). The second-order valence-electron chi connectivity index (χ2n) is 4.66. The minimum absolute atomic E-state index is 0.295.